The molecule has 34 heavy (non-hydrogen) atoms. The number of alkyl carbamates (subject to hydrolysis) is 1. The first kappa shape index (κ1) is 26.3. The summed E-state index contributed by atoms with van der Waals surface area (Å²) in [6.07, 6.45) is -0.692. The highest BCUT2D eigenvalue weighted by Gasteiger charge is 2.49. The zero-order valence-electron chi connectivity index (χ0n) is 20.6. The van der Waals surface area contributed by atoms with Crippen LogP contribution in [-0.2, 0) is 19.4 Å². The molecule has 3 rings (SSSR count). The van der Waals surface area contributed by atoms with Crippen LogP contribution in [0.1, 0.15) is 40.2 Å². The topological polar surface area (TPSA) is 108 Å². The van der Waals surface area contributed by atoms with Crippen molar-refractivity contribution in [2.24, 2.45) is 4.99 Å². The van der Waals surface area contributed by atoms with Gasteiger partial charge in [-0.05, 0) is 65.3 Å². The van der Waals surface area contributed by atoms with Crippen LogP contribution in [-0.4, -0.2) is 73.6 Å². The molecule has 2 fully saturated rings. The molecule has 0 aromatic heterocycles. The van der Waals surface area contributed by atoms with Crippen molar-refractivity contribution < 1.29 is 22.7 Å². The lowest BCUT2D eigenvalue weighted by Gasteiger charge is -2.28. The van der Waals surface area contributed by atoms with Crippen molar-refractivity contribution in [2.45, 2.75) is 58.4 Å². The Hall–Kier alpha value is -2.27. The molecular formula is C23H34N4O5S2. The van der Waals surface area contributed by atoms with E-state index in [9.17, 15) is 18.0 Å². The van der Waals surface area contributed by atoms with Crippen molar-refractivity contribution >= 4 is 50.1 Å². The lowest BCUT2D eigenvalue weighted by molar-refractivity contribution is -0.117. The molecule has 188 valence electrons. The molecule has 2 amide bonds. The van der Waals surface area contributed by atoms with Crippen molar-refractivity contribution in [3.63, 3.8) is 0 Å². The first-order valence-electron chi connectivity index (χ1n) is 11.4. The highest BCUT2D eigenvalue weighted by Crippen LogP contribution is 2.42. The molecule has 0 bridgehead atoms. The second-order valence-electron chi connectivity index (χ2n) is 9.46. The average molecular weight is 511 g/mol. The minimum atomic E-state index is -3.16. The van der Waals surface area contributed by atoms with Crippen LogP contribution in [0.25, 0.3) is 0 Å². The molecule has 2 heterocycles. The quantitative estimate of drug-likeness (QED) is 0.622. The van der Waals surface area contributed by atoms with Crippen LogP contribution < -0.4 is 15.1 Å². The zero-order chi connectivity index (χ0) is 25.3. The van der Waals surface area contributed by atoms with Gasteiger partial charge in [0, 0.05) is 29.7 Å². The van der Waals surface area contributed by atoms with Gasteiger partial charge in [-0.25, -0.2) is 13.2 Å². The SMILES string of the molecule is CCN(CC)c1ccc(N2C(=NC(=O)CNC(=O)OC(C)(C)C)S[C@@H]3CS(=O)(=O)C[C@@H]32)c(C)c1. The number of nitrogens with one attached hydrogen (secondary N) is 1. The van der Waals surface area contributed by atoms with E-state index in [-0.39, 0.29) is 29.3 Å². The summed E-state index contributed by atoms with van der Waals surface area (Å²) in [6.45, 7) is 12.8. The van der Waals surface area contributed by atoms with E-state index in [1.165, 1.54) is 11.8 Å². The second kappa shape index (κ2) is 10.2. The van der Waals surface area contributed by atoms with E-state index in [1.54, 1.807) is 20.8 Å². The van der Waals surface area contributed by atoms with Gasteiger partial charge in [-0.3, -0.25) is 4.79 Å². The molecule has 0 radical (unpaired) electrons. The highest BCUT2D eigenvalue weighted by atomic mass is 32.2. The minimum absolute atomic E-state index is 0.0191. The summed E-state index contributed by atoms with van der Waals surface area (Å²) in [6, 6.07) is 5.77. The molecule has 11 heteroatoms. The van der Waals surface area contributed by atoms with Crippen molar-refractivity contribution in [2.75, 3.05) is 40.9 Å². The largest absolute Gasteiger partial charge is 0.444 e. The van der Waals surface area contributed by atoms with Crippen molar-refractivity contribution in [3.05, 3.63) is 23.8 Å². The van der Waals surface area contributed by atoms with Crippen LogP contribution in [0.2, 0.25) is 0 Å². The highest BCUT2D eigenvalue weighted by molar-refractivity contribution is 8.16. The zero-order valence-corrected chi connectivity index (χ0v) is 22.3. The van der Waals surface area contributed by atoms with E-state index >= 15 is 0 Å². The van der Waals surface area contributed by atoms with E-state index in [1.807, 2.05) is 24.0 Å². The van der Waals surface area contributed by atoms with E-state index < -0.39 is 27.4 Å². The van der Waals surface area contributed by atoms with E-state index in [4.69, 9.17) is 4.74 Å². The van der Waals surface area contributed by atoms with Gasteiger partial charge < -0.3 is 19.9 Å². The number of benzene rings is 1. The molecule has 0 spiro atoms. The third-order valence-electron chi connectivity index (χ3n) is 5.64. The monoisotopic (exact) mass is 510 g/mol. The maximum Gasteiger partial charge on any atom is 0.408 e. The number of rotatable bonds is 6. The lowest BCUT2D eigenvalue weighted by atomic mass is 10.1. The Morgan fingerprint density at radius 2 is 1.91 bits per heavy atom. The Balaban J connectivity index is 1.86. The number of amidine groups is 1. The lowest BCUT2D eigenvalue weighted by Crippen LogP contribution is -2.39. The van der Waals surface area contributed by atoms with Gasteiger partial charge in [0.1, 0.15) is 12.1 Å². The number of hydrogen-bond acceptors (Lipinski definition) is 7. The van der Waals surface area contributed by atoms with Crippen molar-refractivity contribution in [1.29, 1.82) is 0 Å². The molecule has 1 aromatic rings. The summed E-state index contributed by atoms with van der Waals surface area (Å²) in [5.74, 6) is -0.456. The van der Waals surface area contributed by atoms with Gasteiger partial charge >= 0.3 is 6.09 Å². The number of fused-ring (bicyclic) bond motifs is 1. The Labute approximate surface area is 206 Å². The fourth-order valence-corrected chi connectivity index (χ4v) is 8.07. The summed E-state index contributed by atoms with van der Waals surface area (Å²) in [5.41, 5.74) is 2.22. The van der Waals surface area contributed by atoms with Crippen LogP contribution in [0.5, 0.6) is 0 Å². The number of carbonyl (C=O) groups excluding carboxylic acids is 2. The molecule has 2 saturated heterocycles. The summed E-state index contributed by atoms with van der Waals surface area (Å²) < 4.78 is 29.8. The average Bonchev–Trinajstić information content (AvgIpc) is 3.17. The summed E-state index contributed by atoms with van der Waals surface area (Å²) >= 11 is 1.31. The number of amides is 2. The normalized spacial score (nSPS) is 22.5. The number of anilines is 2. The number of ether oxygens (including phenoxy) is 1. The molecule has 0 unspecified atom stereocenters. The molecule has 0 aliphatic carbocycles. The summed E-state index contributed by atoms with van der Waals surface area (Å²) in [7, 11) is -3.16. The number of hydrogen-bond donors (Lipinski definition) is 1. The molecular weight excluding hydrogens is 476 g/mol. The maximum atomic E-state index is 12.6. The molecule has 0 saturated carbocycles. The third kappa shape index (κ3) is 6.24. The maximum absolute atomic E-state index is 12.6. The predicted molar refractivity (Wildman–Crippen MR) is 138 cm³/mol. The number of thioether (sulfide) groups is 1. The number of sulfone groups is 1. The van der Waals surface area contributed by atoms with Gasteiger partial charge in [0.05, 0.1) is 17.5 Å². The Kier molecular flexibility index (Phi) is 7.86. The molecule has 9 nitrogen and oxygen atoms in total. The molecule has 1 N–H and O–H groups in total. The number of carbonyl (C=O) groups is 2. The molecule has 1 aromatic carbocycles. The first-order valence-corrected chi connectivity index (χ1v) is 14.1. The van der Waals surface area contributed by atoms with Crippen LogP contribution in [0, 0.1) is 6.92 Å². The fourth-order valence-electron chi connectivity index (χ4n) is 4.15. The Morgan fingerprint density at radius 3 is 2.50 bits per heavy atom. The van der Waals surface area contributed by atoms with Crippen LogP contribution in [0.3, 0.4) is 0 Å². The smallest absolute Gasteiger partial charge is 0.408 e. The van der Waals surface area contributed by atoms with Gasteiger partial charge in [0.25, 0.3) is 5.91 Å². The van der Waals surface area contributed by atoms with Crippen LogP contribution in [0.4, 0.5) is 16.2 Å². The van der Waals surface area contributed by atoms with Gasteiger partial charge in [-0.1, -0.05) is 11.8 Å². The summed E-state index contributed by atoms with van der Waals surface area (Å²) in [4.78, 5) is 32.8. The van der Waals surface area contributed by atoms with Gasteiger partial charge in [-0.15, -0.1) is 0 Å². The first-order chi connectivity index (χ1) is 15.8. The van der Waals surface area contributed by atoms with Gasteiger partial charge in [0.15, 0.2) is 15.0 Å². The molecule has 2 aliphatic rings. The van der Waals surface area contributed by atoms with Crippen molar-refractivity contribution in [1.82, 2.24) is 5.32 Å². The number of nitrogens with zero attached hydrogens (tertiary/aromatic N) is 3. The van der Waals surface area contributed by atoms with Gasteiger partial charge in [-0.2, -0.15) is 4.99 Å². The van der Waals surface area contributed by atoms with E-state index in [0.717, 1.165) is 30.0 Å². The Bertz CT molecular complexity index is 1080. The second-order valence-corrected chi connectivity index (χ2v) is 12.8. The van der Waals surface area contributed by atoms with E-state index in [2.05, 4.69) is 35.1 Å². The molecule has 2 atom stereocenters. The minimum Gasteiger partial charge on any atom is -0.444 e. The Morgan fingerprint density at radius 1 is 1.24 bits per heavy atom. The fraction of sp³-hybridized carbons (Fsp3) is 0.609. The van der Waals surface area contributed by atoms with Crippen LogP contribution in [0.15, 0.2) is 23.2 Å². The molecule has 2 aliphatic heterocycles. The number of aliphatic imine (C=N–C) groups is 1. The van der Waals surface area contributed by atoms with Crippen LogP contribution >= 0.6 is 11.8 Å². The van der Waals surface area contributed by atoms with Gasteiger partial charge in [0.2, 0.25) is 0 Å². The standard InChI is InChI=1S/C23H34N4O5S2/c1-7-26(8-2)16-9-10-17(15(3)11-16)27-18-13-34(30,31)14-19(18)33-21(27)25-20(28)12-24-22(29)32-23(4,5)6/h9-11,18-19H,7-8,12-14H2,1-6H3,(H,24,29)/t18-,19+/m0/s1. The summed E-state index contributed by atoms with van der Waals surface area (Å²) in [5, 5.41) is 2.69. The van der Waals surface area contributed by atoms with E-state index in [0.29, 0.717) is 5.17 Å². The predicted octanol–water partition coefficient (Wildman–Crippen LogP) is 2.97. The van der Waals surface area contributed by atoms with Crippen molar-refractivity contribution in [3.8, 4) is 0 Å². The third-order valence-corrected chi connectivity index (χ3v) is 8.85. The number of aryl methyl sites for hydroxylation is 1.